The van der Waals surface area contributed by atoms with Gasteiger partial charge in [-0.25, -0.2) is 0 Å². The van der Waals surface area contributed by atoms with Crippen molar-refractivity contribution in [3.8, 4) is 0 Å². The molecule has 1 aliphatic heterocycles. The van der Waals surface area contributed by atoms with E-state index >= 15 is 0 Å². The molecule has 1 aliphatic rings. The Bertz CT molecular complexity index is 436. The second-order valence-corrected chi connectivity index (χ2v) is 6.54. The third-order valence-corrected chi connectivity index (χ3v) is 4.88. The summed E-state index contributed by atoms with van der Waals surface area (Å²) >= 11 is 9.79. The Labute approximate surface area is 123 Å². The molecule has 1 aromatic carbocycles. The molecule has 1 saturated heterocycles. The summed E-state index contributed by atoms with van der Waals surface area (Å²) < 4.78 is 1.09. The number of piperidine rings is 1. The smallest absolute Gasteiger partial charge is 0.0501 e. The lowest BCUT2D eigenvalue weighted by atomic mass is 9.98. The molecule has 0 saturated carbocycles. The Balaban J connectivity index is 2.08. The molecule has 0 aromatic heterocycles. The summed E-state index contributed by atoms with van der Waals surface area (Å²) in [4.78, 5) is 2.41. The first-order valence-corrected chi connectivity index (χ1v) is 7.57. The number of benzene rings is 1. The molecule has 0 amide bonds. The summed E-state index contributed by atoms with van der Waals surface area (Å²) in [5, 5.41) is 4.43. The summed E-state index contributed by atoms with van der Waals surface area (Å²) in [6.45, 7) is 5.45. The minimum atomic E-state index is 0.534. The van der Waals surface area contributed by atoms with Crippen molar-refractivity contribution < 1.29 is 0 Å². The van der Waals surface area contributed by atoms with Crippen LogP contribution in [-0.4, -0.2) is 30.6 Å². The van der Waals surface area contributed by atoms with Crippen LogP contribution in [0.2, 0.25) is 5.02 Å². The van der Waals surface area contributed by atoms with Crippen molar-refractivity contribution in [2.45, 2.75) is 38.8 Å². The van der Waals surface area contributed by atoms with E-state index in [0.717, 1.165) is 27.3 Å². The highest BCUT2D eigenvalue weighted by atomic mass is 79.9. The van der Waals surface area contributed by atoms with E-state index in [1.807, 2.05) is 13.0 Å². The van der Waals surface area contributed by atoms with Crippen LogP contribution in [-0.2, 0) is 0 Å². The quantitative estimate of drug-likeness (QED) is 0.869. The molecule has 0 bridgehead atoms. The number of aryl methyl sites for hydroxylation is 1. The van der Waals surface area contributed by atoms with Crippen LogP contribution in [0.1, 0.15) is 25.3 Å². The van der Waals surface area contributed by atoms with Gasteiger partial charge in [-0.05, 0) is 67.4 Å². The van der Waals surface area contributed by atoms with Crippen LogP contribution in [0.5, 0.6) is 0 Å². The van der Waals surface area contributed by atoms with E-state index in [9.17, 15) is 0 Å². The van der Waals surface area contributed by atoms with Crippen LogP contribution in [0.25, 0.3) is 0 Å². The summed E-state index contributed by atoms with van der Waals surface area (Å²) in [5.74, 6) is 0. The molecule has 100 valence electrons. The number of hydrogen-bond donors (Lipinski definition) is 1. The normalized spacial score (nSPS) is 25.2. The lowest BCUT2D eigenvalue weighted by Gasteiger charge is -2.36. The lowest BCUT2D eigenvalue weighted by Crippen LogP contribution is -2.42. The zero-order chi connectivity index (χ0) is 13.3. The van der Waals surface area contributed by atoms with Gasteiger partial charge in [0.1, 0.15) is 0 Å². The summed E-state index contributed by atoms with van der Waals surface area (Å²) in [7, 11) is 2.19. The highest BCUT2D eigenvalue weighted by molar-refractivity contribution is 9.10. The molecule has 2 nitrogen and oxygen atoms in total. The van der Waals surface area contributed by atoms with Crippen molar-refractivity contribution in [2.75, 3.05) is 18.9 Å². The Morgan fingerprint density at radius 1 is 1.44 bits per heavy atom. The molecule has 1 N–H and O–H groups in total. The zero-order valence-corrected chi connectivity index (χ0v) is 13.5. The number of anilines is 1. The van der Waals surface area contributed by atoms with Gasteiger partial charge in [-0.15, -0.1) is 0 Å². The third-order valence-electron chi connectivity index (χ3n) is 3.82. The maximum atomic E-state index is 6.19. The predicted molar refractivity (Wildman–Crippen MR) is 82.6 cm³/mol. The fraction of sp³-hybridized carbons (Fsp3) is 0.571. The first-order valence-electron chi connectivity index (χ1n) is 6.40. The molecule has 4 heteroatoms. The van der Waals surface area contributed by atoms with E-state index in [4.69, 9.17) is 11.6 Å². The molecular weight excluding hydrogens is 312 g/mol. The van der Waals surface area contributed by atoms with Gasteiger partial charge in [0.05, 0.1) is 5.69 Å². The molecule has 0 radical (unpaired) electrons. The number of nitrogens with zero attached hydrogens (tertiary/aromatic N) is 1. The van der Waals surface area contributed by atoms with E-state index in [1.54, 1.807) is 0 Å². The van der Waals surface area contributed by atoms with Gasteiger partial charge < -0.3 is 10.2 Å². The van der Waals surface area contributed by atoms with E-state index in [1.165, 1.54) is 12.8 Å². The van der Waals surface area contributed by atoms with Crippen molar-refractivity contribution in [2.24, 2.45) is 0 Å². The van der Waals surface area contributed by atoms with Gasteiger partial charge in [0.25, 0.3) is 0 Å². The highest BCUT2D eigenvalue weighted by Crippen LogP contribution is 2.31. The lowest BCUT2D eigenvalue weighted by molar-refractivity contribution is 0.190. The van der Waals surface area contributed by atoms with Gasteiger partial charge in [-0.3, -0.25) is 0 Å². The van der Waals surface area contributed by atoms with Gasteiger partial charge in [-0.1, -0.05) is 11.6 Å². The monoisotopic (exact) mass is 330 g/mol. The number of hydrogen-bond acceptors (Lipinski definition) is 2. The maximum Gasteiger partial charge on any atom is 0.0501 e. The summed E-state index contributed by atoms with van der Waals surface area (Å²) in [6, 6.07) is 5.26. The largest absolute Gasteiger partial charge is 0.381 e. The topological polar surface area (TPSA) is 15.3 Å². The average Bonchev–Trinajstić information content (AvgIpc) is 2.31. The van der Waals surface area contributed by atoms with Crippen LogP contribution >= 0.6 is 27.5 Å². The summed E-state index contributed by atoms with van der Waals surface area (Å²) in [6.07, 6.45) is 2.35. The molecule has 0 spiro atoms. The number of likely N-dealkylation sites (tertiary alicyclic amines) is 1. The average molecular weight is 332 g/mol. The minimum absolute atomic E-state index is 0.534. The number of rotatable bonds is 2. The third kappa shape index (κ3) is 3.19. The van der Waals surface area contributed by atoms with Crippen LogP contribution in [0.3, 0.4) is 0 Å². The van der Waals surface area contributed by atoms with Gasteiger partial charge in [0.2, 0.25) is 0 Å². The van der Waals surface area contributed by atoms with Gasteiger partial charge in [-0.2, -0.15) is 0 Å². The fourth-order valence-corrected chi connectivity index (χ4v) is 3.13. The molecule has 0 aliphatic carbocycles. The zero-order valence-electron chi connectivity index (χ0n) is 11.1. The molecule has 1 aromatic rings. The molecule has 2 atom stereocenters. The highest BCUT2D eigenvalue weighted by Gasteiger charge is 2.23. The minimum Gasteiger partial charge on any atom is -0.381 e. The van der Waals surface area contributed by atoms with E-state index < -0.39 is 0 Å². The Morgan fingerprint density at radius 2 is 2.17 bits per heavy atom. The maximum absolute atomic E-state index is 6.19. The Hall–Kier alpha value is -0.250. The fourth-order valence-electron chi connectivity index (χ4n) is 2.40. The molecule has 1 heterocycles. The standard InChI is InChI=1S/C14H20BrClN2/c1-9-6-12(15)14(8-13(9)16)17-11-4-5-18(3)10(2)7-11/h6,8,10-11,17H,4-5,7H2,1-3H3. The van der Waals surface area contributed by atoms with Crippen molar-refractivity contribution >= 4 is 33.2 Å². The van der Waals surface area contributed by atoms with Crippen LogP contribution < -0.4 is 5.32 Å². The van der Waals surface area contributed by atoms with Crippen molar-refractivity contribution in [1.82, 2.24) is 4.90 Å². The van der Waals surface area contributed by atoms with Crippen molar-refractivity contribution in [3.05, 3.63) is 27.2 Å². The van der Waals surface area contributed by atoms with Crippen LogP contribution in [0.15, 0.2) is 16.6 Å². The van der Waals surface area contributed by atoms with Gasteiger partial charge >= 0.3 is 0 Å². The van der Waals surface area contributed by atoms with Crippen LogP contribution in [0.4, 0.5) is 5.69 Å². The molecule has 2 rings (SSSR count). The predicted octanol–water partition coefficient (Wildman–Crippen LogP) is 4.31. The second-order valence-electron chi connectivity index (χ2n) is 5.28. The van der Waals surface area contributed by atoms with E-state index in [2.05, 4.69) is 46.2 Å². The van der Waals surface area contributed by atoms with Gasteiger partial charge in [0, 0.05) is 28.1 Å². The van der Waals surface area contributed by atoms with Gasteiger partial charge in [0.15, 0.2) is 0 Å². The summed E-state index contributed by atoms with van der Waals surface area (Å²) in [5.41, 5.74) is 2.21. The first kappa shape index (κ1) is 14.2. The molecular formula is C14H20BrClN2. The number of nitrogens with one attached hydrogen (secondary N) is 1. The van der Waals surface area contributed by atoms with E-state index in [0.29, 0.717) is 12.1 Å². The Morgan fingerprint density at radius 3 is 2.83 bits per heavy atom. The van der Waals surface area contributed by atoms with E-state index in [-0.39, 0.29) is 0 Å². The Kier molecular flexibility index (Phi) is 4.57. The first-order chi connectivity index (χ1) is 8.47. The molecule has 1 fully saturated rings. The van der Waals surface area contributed by atoms with Crippen molar-refractivity contribution in [1.29, 1.82) is 0 Å². The van der Waals surface area contributed by atoms with Crippen molar-refractivity contribution in [3.63, 3.8) is 0 Å². The second kappa shape index (κ2) is 5.81. The molecule has 18 heavy (non-hydrogen) atoms. The molecule has 2 unspecified atom stereocenters. The number of halogens is 2. The SMILES string of the molecule is Cc1cc(Br)c(NC2CCN(C)C(C)C2)cc1Cl. The van der Waals surface area contributed by atoms with Crippen LogP contribution in [0, 0.1) is 6.92 Å².